The fourth-order valence-corrected chi connectivity index (χ4v) is 3.47. The molecular formula is C22H17FN6. The molecule has 0 aliphatic carbocycles. The number of nitrogens with one attached hydrogen (secondary N) is 1. The van der Waals surface area contributed by atoms with Crippen molar-refractivity contribution >= 4 is 27.9 Å². The van der Waals surface area contributed by atoms with Crippen molar-refractivity contribution in [3.63, 3.8) is 0 Å². The molecule has 0 radical (unpaired) electrons. The van der Waals surface area contributed by atoms with Crippen LogP contribution in [0.3, 0.4) is 0 Å². The van der Waals surface area contributed by atoms with Gasteiger partial charge in [0.1, 0.15) is 23.5 Å². The van der Waals surface area contributed by atoms with Crippen molar-refractivity contribution in [3.05, 3.63) is 84.8 Å². The minimum absolute atomic E-state index is 0.217. The van der Waals surface area contributed by atoms with E-state index in [0.717, 1.165) is 22.5 Å². The van der Waals surface area contributed by atoms with E-state index in [4.69, 9.17) is 4.98 Å². The van der Waals surface area contributed by atoms with Gasteiger partial charge in [-0.2, -0.15) is 0 Å². The lowest BCUT2D eigenvalue weighted by atomic mass is 10.2. The Labute approximate surface area is 166 Å². The molecule has 6 nitrogen and oxygen atoms in total. The zero-order valence-electron chi connectivity index (χ0n) is 15.6. The van der Waals surface area contributed by atoms with E-state index in [1.165, 1.54) is 18.5 Å². The number of para-hydroxylation sites is 1. The number of aromatic nitrogens is 5. The summed E-state index contributed by atoms with van der Waals surface area (Å²) < 4.78 is 15.9. The number of hydrogen-bond donors (Lipinski definition) is 1. The smallest absolute Gasteiger partial charge is 0.156 e. The number of hydrogen-bond acceptors (Lipinski definition) is 5. The fourth-order valence-electron chi connectivity index (χ4n) is 3.47. The molecule has 29 heavy (non-hydrogen) atoms. The summed E-state index contributed by atoms with van der Waals surface area (Å²) in [5.41, 5.74) is 3.80. The molecule has 0 spiro atoms. The first-order chi connectivity index (χ1) is 14.2. The monoisotopic (exact) mass is 384 g/mol. The molecule has 0 amide bonds. The summed E-state index contributed by atoms with van der Waals surface area (Å²) >= 11 is 0. The van der Waals surface area contributed by atoms with Gasteiger partial charge in [-0.25, -0.2) is 19.3 Å². The van der Waals surface area contributed by atoms with Gasteiger partial charge in [0, 0.05) is 18.0 Å². The lowest BCUT2D eigenvalue weighted by Crippen LogP contribution is -2.14. The Morgan fingerprint density at radius 1 is 0.931 bits per heavy atom. The van der Waals surface area contributed by atoms with Gasteiger partial charge < -0.3 is 5.32 Å². The number of rotatable bonds is 4. The van der Waals surface area contributed by atoms with E-state index >= 15 is 0 Å². The summed E-state index contributed by atoms with van der Waals surface area (Å²) in [4.78, 5) is 17.8. The van der Waals surface area contributed by atoms with Crippen molar-refractivity contribution in [2.24, 2.45) is 0 Å². The Morgan fingerprint density at radius 2 is 1.79 bits per heavy atom. The van der Waals surface area contributed by atoms with Crippen LogP contribution in [0.15, 0.2) is 73.2 Å². The maximum atomic E-state index is 14.0. The summed E-state index contributed by atoms with van der Waals surface area (Å²) in [6, 6.07) is 17.9. The first-order valence-corrected chi connectivity index (χ1v) is 9.26. The topological polar surface area (TPSA) is 68.5 Å². The molecule has 7 heteroatoms. The van der Waals surface area contributed by atoms with Crippen LogP contribution in [-0.4, -0.2) is 24.5 Å². The van der Waals surface area contributed by atoms with Crippen molar-refractivity contribution in [2.75, 3.05) is 5.32 Å². The second-order valence-corrected chi connectivity index (χ2v) is 6.73. The number of imidazole rings is 1. The molecule has 0 bridgehead atoms. The molecule has 3 aromatic heterocycles. The van der Waals surface area contributed by atoms with Gasteiger partial charge in [-0.3, -0.25) is 9.55 Å². The average molecular weight is 384 g/mol. The van der Waals surface area contributed by atoms with Crippen LogP contribution in [-0.2, 0) is 0 Å². The molecule has 1 atom stereocenters. The lowest BCUT2D eigenvalue weighted by molar-refractivity contribution is 0.629. The third kappa shape index (κ3) is 3.06. The van der Waals surface area contributed by atoms with E-state index < -0.39 is 0 Å². The first-order valence-electron chi connectivity index (χ1n) is 9.26. The highest BCUT2D eigenvalue weighted by Gasteiger charge is 2.19. The molecule has 0 aliphatic heterocycles. The van der Waals surface area contributed by atoms with Crippen molar-refractivity contribution in [2.45, 2.75) is 13.0 Å². The van der Waals surface area contributed by atoms with E-state index in [0.29, 0.717) is 16.9 Å². The average Bonchev–Trinajstić information content (AvgIpc) is 3.13. The van der Waals surface area contributed by atoms with Crippen LogP contribution in [0.2, 0.25) is 0 Å². The second-order valence-electron chi connectivity index (χ2n) is 6.73. The Balaban J connectivity index is 1.64. The van der Waals surface area contributed by atoms with E-state index in [1.807, 2.05) is 54.0 Å². The van der Waals surface area contributed by atoms with E-state index in [-0.39, 0.29) is 11.9 Å². The summed E-state index contributed by atoms with van der Waals surface area (Å²) in [6.45, 7) is 1.99. The SMILES string of the molecule is CC(Nc1ncnc2cccnc12)c1nc2ccc(F)cc2n1-c1ccccc1. The molecule has 1 unspecified atom stereocenters. The largest absolute Gasteiger partial charge is 0.358 e. The molecule has 0 saturated heterocycles. The molecule has 5 aromatic rings. The number of pyridine rings is 1. The lowest BCUT2D eigenvalue weighted by Gasteiger charge is -2.17. The van der Waals surface area contributed by atoms with E-state index in [9.17, 15) is 4.39 Å². The van der Waals surface area contributed by atoms with Gasteiger partial charge in [0.2, 0.25) is 0 Å². The number of fused-ring (bicyclic) bond motifs is 2. The highest BCUT2D eigenvalue weighted by atomic mass is 19.1. The third-order valence-corrected chi connectivity index (χ3v) is 4.79. The first kappa shape index (κ1) is 17.2. The standard InChI is InChI=1S/C22H17FN6/c1-14(27-21-20-18(25-13-26-21)8-5-11-24-20)22-28-17-10-9-15(23)12-19(17)29(22)16-6-3-2-4-7-16/h2-14H,1H3,(H,25,26,27). The maximum Gasteiger partial charge on any atom is 0.156 e. The second kappa shape index (κ2) is 6.94. The Bertz CT molecular complexity index is 1310. The van der Waals surface area contributed by atoms with Crippen LogP contribution in [0, 0.1) is 5.82 Å². The third-order valence-electron chi connectivity index (χ3n) is 4.79. The van der Waals surface area contributed by atoms with E-state index in [1.54, 1.807) is 12.3 Å². The molecule has 142 valence electrons. The van der Waals surface area contributed by atoms with Gasteiger partial charge in [-0.05, 0) is 43.3 Å². The Kier molecular flexibility index (Phi) is 4.13. The summed E-state index contributed by atoms with van der Waals surface area (Å²) in [6.07, 6.45) is 3.22. The highest BCUT2D eigenvalue weighted by Crippen LogP contribution is 2.28. The van der Waals surface area contributed by atoms with Crippen molar-refractivity contribution in [3.8, 4) is 5.69 Å². The predicted molar refractivity (Wildman–Crippen MR) is 110 cm³/mol. The minimum atomic E-state index is -0.298. The van der Waals surface area contributed by atoms with Crippen LogP contribution < -0.4 is 5.32 Å². The quantitative estimate of drug-likeness (QED) is 0.487. The Morgan fingerprint density at radius 3 is 2.66 bits per heavy atom. The zero-order valence-corrected chi connectivity index (χ0v) is 15.6. The van der Waals surface area contributed by atoms with Crippen LogP contribution in [0.4, 0.5) is 10.2 Å². The molecule has 0 saturated carbocycles. The van der Waals surface area contributed by atoms with Crippen LogP contribution in [0.5, 0.6) is 0 Å². The van der Waals surface area contributed by atoms with E-state index in [2.05, 4.69) is 20.3 Å². The van der Waals surface area contributed by atoms with Crippen LogP contribution in [0.1, 0.15) is 18.8 Å². The fraction of sp³-hybridized carbons (Fsp3) is 0.0909. The number of anilines is 1. The van der Waals surface area contributed by atoms with Crippen molar-refractivity contribution in [1.29, 1.82) is 0 Å². The molecule has 0 aliphatic rings. The van der Waals surface area contributed by atoms with Gasteiger partial charge in [0.15, 0.2) is 5.82 Å². The molecule has 3 heterocycles. The van der Waals surface area contributed by atoms with Gasteiger partial charge in [0.25, 0.3) is 0 Å². The Hall–Kier alpha value is -3.87. The maximum absolute atomic E-state index is 14.0. The molecular weight excluding hydrogens is 367 g/mol. The minimum Gasteiger partial charge on any atom is -0.358 e. The molecule has 5 rings (SSSR count). The normalized spacial score (nSPS) is 12.3. The van der Waals surface area contributed by atoms with Crippen LogP contribution in [0.25, 0.3) is 27.8 Å². The number of halogens is 1. The summed E-state index contributed by atoms with van der Waals surface area (Å²) in [7, 11) is 0. The molecule has 0 fully saturated rings. The summed E-state index contributed by atoms with van der Waals surface area (Å²) in [5, 5.41) is 3.40. The van der Waals surface area contributed by atoms with Crippen molar-refractivity contribution < 1.29 is 4.39 Å². The van der Waals surface area contributed by atoms with Gasteiger partial charge in [0.05, 0.1) is 22.6 Å². The van der Waals surface area contributed by atoms with Gasteiger partial charge in [-0.15, -0.1) is 0 Å². The predicted octanol–water partition coefficient (Wildman–Crippen LogP) is 4.68. The van der Waals surface area contributed by atoms with Gasteiger partial charge >= 0.3 is 0 Å². The molecule has 1 N–H and O–H groups in total. The molecule has 2 aromatic carbocycles. The van der Waals surface area contributed by atoms with Crippen molar-refractivity contribution in [1.82, 2.24) is 24.5 Å². The number of benzene rings is 2. The highest BCUT2D eigenvalue weighted by molar-refractivity contribution is 5.84. The van der Waals surface area contributed by atoms with Crippen LogP contribution >= 0.6 is 0 Å². The zero-order chi connectivity index (χ0) is 19.8. The number of nitrogens with zero attached hydrogens (tertiary/aromatic N) is 5. The summed E-state index contributed by atoms with van der Waals surface area (Å²) in [5.74, 6) is 1.08. The van der Waals surface area contributed by atoms with Gasteiger partial charge in [-0.1, -0.05) is 18.2 Å².